The van der Waals surface area contributed by atoms with Crippen LogP contribution in [0.2, 0.25) is 0 Å². The fraction of sp³-hybridized carbons (Fsp3) is 0.208. The van der Waals surface area contributed by atoms with Crippen LogP contribution in [0.3, 0.4) is 0 Å². The van der Waals surface area contributed by atoms with Crippen molar-refractivity contribution < 1.29 is 13.2 Å². The second-order valence-electron chi connectivity index (χ2n) is 7.64. The molecule has 33 heavy (non-hydrogen) atoms. The molecule has 9 heteroatoms. The Balaban J connectivity index is 1.49. The Bertz CT molecular complexity index is 1370. The van der Waals surface area contributed by atoms with Gasteiger partial charge in [0.15, 0.2) is 0 Å². The highest BCUT2D eigenvalue weighted by molar-refractivity contribution is 7.89. The number of sulfonamides is 1. The van der Waals surface area contributed by atoms with Gasteiger partial charge in [0.2, 0.25) is 10.0 Å². The van der Waals surface area contributed by atoms with Crippen LogP contribution < -0.4 is 5.56 Å². The quantitative estimate of drug-likeness (QED) is 0.576. The zero-order valence-corrected chi connectivity index (χ0v) is 18.6. The summed E-state index contributed by atoms with van der Waals surface area (Å²) in [5.74, 6) is -0.420. The van der Waals surface area contributed by atoms with E-state index in [-0.39, 0.29) is 47.8 Å². The third-order valence-electron chi connectivity index (χ3n) is 5.60. The maximum Gasteiger partial charge on any atom is 0.263 e. The van der Waals surface area contributed by atoms with E-state index >= 15 is 0 Å². The number of pyridine rings is 1. The lowest BCUT2D eigenvalue weighted by molar-refractivity contribution is 0.0695. The van der Waals surface area contributed by atoms with Crippen LogP contribution in [-0.4, -0.2) is 54.3 Å². The zero-order valence-electron chi connectivity index (χ0n) is 17.8. The number of amides is 1. The van der Waals surface area contributed by atoms with E-state index in [0.29, 0.717) is 6.54 Å². The molecule has 2 aromatic carbocycles. The van der Waals surface area contributed by atoms with Crippen molar-refractivity contribution in [3.8, 4) is 6.07 Å². The molecule has 0 spiro atoms. The number of hydrogen-bond acceptors (Lipinski definition) is 5. The van der Waals surface area contributed by atoms with Crippen molar-refractivity contribution in [2.24, 2.45) is 0 Å². The summed E-state index contributed by atoms with van der Waals surface area (Å²) in [5, 5.41) is 9.25. The summed E-state index contributed by atoms with van der Waals surface area (Å²) in [5.41, 5.74) is 0.698. The Morgan fingerprint density at radius 2 is 1.58 bits per heavy atom. The summed E-state index contributed by atoms with van der Waals surface area (Å²) < 4.78 is 28.8. The van der Waals surface area contributed by atoms with Gasteiger partial charge in [-0.1, -0.05) is 42.5 Å². The molecule has 168 valence electrons. The molecule has 0 saturated carbocycles. The van der Waals surface area contributed by atoms with Crippen molar-refractivity contribution >= 4 is 15.9 Å². The van der Waals surface area contributed by atoms with Crippen LogP contribution in [0, 0.1) is 11.3 Å². The molecule has 8 nitrogen and oxygen atoms in total. The molecule has 1 saturated heterocycles. The van der Waals surface area contributed by atoms with Gasteiger partial charge in [0.05, 0.1) is 17.0 Å². The van der Waals surface area contributed by atoms with Crippen molar-refractivity contribution in [3.05, 3.63) is 100.0 Å². The first-order valence-corrected chi connectivity index (χ1v) is 11.9. The third kappa shape index (κ3) is 4.58. The summed E-state index contributed by atoms with van der Waals surface area (Å²) in [6.07, 6.45) is 1.64. The Morgan fingerprint density at radius 3 is 2.27 bits per heavy atom. The summed E-state index contributed by atoms with van der Waals surface area (Å²) in [6.45, 7) is 0.822. The van der Waals surface area contributed by atoms with Crippen molar-refractivity contribution in [1.29, 1.82) is 5.26 Å². The molecular formula is C24H22N4O4S. The highest BCUT2D eigenvalue weighted by Crippen LogP contribution is 2.21. The Hall–Kier alpha value is -3.74. The largest absolute Gasteiger partial charge is 0.336 e. The highest BCUT2D eigenvalue weighted by atomic mass is 32.2. The van der Waals surface area contributed by atoms with Gasteiger partial charge in [-0.2, -0.15) is 9.57 Å². The number of nitriles is 1. The second-order valence-corrected chi connectivity index (χ2v) is 9.55. The maximum atomic E-state index is 13.1. The van der Waals surface area contributed by atoms with E-state index in [9.17, 15) is 23.3 Å². The second kappa shape index (κ2) is 9.40. The monoisotopic (exact) mass is 462 g/mol. The number of aromatic nitrogens is 1. The number of carbonyl (C=O) groups excluding carboxylic acids is 1. The molecule has 0 radical (unpaired) electrons. The molecule has 1 amide bonds. The normalized spacial score (nSPS) is 14.6. The van der Waals surface area contributed by atoms with E-state index in [2.05, 4.69) is 0 Å². The number of carbonyl (C=O) groups is 1. The average Bonchev–Trinajstić information content (AvgIpc) is 2.85. The minimum Gasteiger partial charge on any atom is -0.336 e. The van der Waals surface area contributed by atoms with Gasteiger partial charge in [-0.05, 0) is 29.8 Å². The van der Waals surface area contributed by atoms with Crippen molar-refractivity contribution in [3.63, 3.8) is 0 Å². The van der Waals surface area contributed by atoms with Gasteiger partial charge in [-0.25, -0.2) is 8.42 Å². The van der Waals surface area contributed by atoms with Crippen LogP contribution in [0.15, 0.2) is 82.6 Å². The SMILES string of the molecule is N#Cc1ccccc1S(=O)(=O)N1CCN(C(=O)c2cccn(Cc3ccccc3)c2=O)CC1. The van der Waals surface area contributed by atoms with Crippen LogP contribution in [0.25, 0.3) is 0 Å². The Labute approximate surface area is 192 Å². The molecule has 1 aliphatic heterocycles. The Kier molecular flexibility index (Phi) is 6.40. The minimum absolute atomic E-state index is 0.0425. The molecular weight excluding hydrogens is 440 g/mol. The summed E-state index contributed by atoms with van der Waals surface area (Å²) in [6, 6.07) is 20.6. The van der Waals surface area contributed by atoms with Crippen molar-refractivity contribution in [1.82, 2.24) is 13.8 Å². The predicted octanol–water partition coefficient (Wildman–Crippen LogP) is 1.91. The number of hydrogen-bond donors (Lipinski definition) is 0. The molecule has 1 fully saturated rings. The number of piperazine rings is 1. The smallest absolute Gasteiger partial charge is 0.263 e. The fourth-order valence-corrected chi connectivity index (χ4v) is 5.39. The summed E-state index contributed by atoms with van der Waals surface area (Å²) >= 11 is 0. The number of benzene rings is 2. The first-order valence-electron chi connectivity index (χ1n) is 10.4. The molecule has 1 aliphatic rings. The first kappa shape index (κ1) is 22.5. The number of rotatable bonds is 5. The molecule has 0 bridgehead atoms. The van der Waals surface area contributed by atoms with Gasteiger partial charge >= 0.3 is 0 Å². The van der Waals surface area contributed by atoms with E-state index in [0.717, 1.165) is 5.56 Å². The van der Waals surface area contributed by atoms with Crippen LogP contribution in [0.1, 0.15) is 21.5 Å². The lowest BCUT2D eigenvalue weighted by Gasteiger charge is -2.34. The van der Waals surface area contributed by atoms with Gasteiger partial charge in [0.1, 0.15) is 11.6 Å². The van der Waals surface area contributed by atoms with E-state index in [4.69, 9.17) is 0 Å². The van der Waals surface area contributed by atoms with E-state index in [1.807, 2.05) is 36.4 Å². The predicted molar refractivity (Wildman–Crippen MR) is 122 cm³/mol. The van der Waals surface area contributed by atoms with Gasteiger partial charge in [-0.3, -0.25) is 9.59 Å². The van der Waals surface area contributed by atoms with Gasteiger partial charge < -0.3 is 9.47 Å². The topological polar surface area (TPSA) is 103 Å². The van der Waals surface area contributed by atoms with Crippen molar-refractivity contribution in [2.45, 2.75) is 11.4 Å². The van der Waals surface area contributed by atoms with Crippen LogP contribution in [-0.2, 0) is 16.6 Å². The first-order chi connectivity index (χ1) is 15.9. The third-order valence-corrected chi connectivity index (χ3v) is 7.55. The molecule has 0 atom stereocenters. The molecule has 0 N–H and O–H groups in total. The summed E-state index contributed by atoms with van der Waals surface area (Å²) in [7, 11) is -3.86. The maximum absolute atomic E-state index is 13.1. The van der Waals surface area contributed by atoms with Crippen molar-refractivity contribution in [2.75, 3.05) is 26.2 Å². The van der Waals surface area contributed by atoms with E-state index in [1.165, 1.54) is 32.0 Å². The molecule has 3 aromatic rings. The van der Waals surface area contributed by atoms with Gasteiger partial charge in [-0.15, -0.1) is 0 Å². The minimum atomic E-state index is -3.86. The van der Waals surface area contributed by atoms with Crippen LogP contribution >= 0.6 is 0 Å². The lowest BCUT2D eigenvalue weighted by atomic mass is 10.2. The lowest BCUT2D eigenvalue weighted by Crippen LogP contribution is -2.51. The standard InChI is InChI=1S/C24H22N4O4S/c25-17-20-9-4-5-11-22(20)33(31,32)28-15-13-26(14-16-28)23(29)21-10-6-12-27(24(21)30)18-19-7-2-1-3-8-19/h1-12H,13-16,18H2. The number of nitrogens with zero attached hydrogens (tertiary/aromatic N) is 4. The fourth-order valence-electron chi connectivity index (χ4n) is 3.83. The van der Waals surface area contributed by atoms with Gasteiger partial charge in [0, 0.05) is 32.4 Å². The summed E-state index contributed by atoms with van der Waals surface area (Å²) in [4.78, 5) is 27.4. The average molecular weight is 463 g/mol. The van der Waals surface area contributed by atoms with Gasteiger partial charge in [0.25, 0.3) is 11.5 Å². The van der Waals surface area contributed by atoms with E-state index < -0.39 is 15.9 Å². The molecule has 4 rings (SSSR count). The highest BCUT2D eigenvalue weighted by Gasteiger charge is 2.32. The molecule has 1 aromatic heterocycles. The van der Waals surface area contributed by atoms with Crippen LogP contribution in [0.4, 0.5) is 0 Å². The molecule has 2 heterocycles. The zero-order chi connectivity index (χ0) is 23.4. The van der Waals surface area contributed by atoms with E-state index in [1.54, 1.807) is 24.4 Å². The molecule has 0 aliphatic carbocycles. The Morgan fingerprint density at radius 1 is 0.909 bits per heavy atom. The molecule has 0 unspecified atom stereocenters. The van der Waals surface area contributed by atoms with Crippen LogP contribution in [0.5, 0.6) is 0 Å².